The minimum Gasteiger partial charge on any atom is -0.393 e. The van der Waals surface area contributed by atoms with Gasteiger partial charge in [0, 0.05) is 0 Å². The molecule has 3 nitrogen and oxygen atoms in total. The van der Waals surface area contributed by atoms with Crippen LogP contribution in [0.2, 0.25) is 0 Å². The molecule has 4 aliphatic carbocycles. The minimum atomic E-state index is -0.239. The van der Waals surface area contributed by atoms with Gasteiger partial charge in [0.25, 0.3) is 0 Å². The van der Waals surface area contributed by atoms with Crippen molar-refractivity contribution in [2.45, 2.75) is 143 Å². The van der Waals surface area contributed by atoms with Gasteiger partial charge in [-0.3, -0.25) is 0 Å². The standard InChI is InChI=1S/C30H52O3/c1-25(2)13-9-14-30(8,33-25)19-10-16-29(7)24(19)20(31)18-22-27(5)15-12-23(32)26(3,4)21(27)11-17-28(22,29)6/h19-24,31-32H,9-18H2,1-8H3/t19-,20+,21+,22+,23-,24+,27-,28+,29+,30-/m0/s1. The van der Waals surface area contributed by atoms with E-state index >= 15 is 0 Å². The van der Waals surface area contributed by atoms with Crippen LogP contribution in [0.5, 0.6) is 0 Å². The molecule has 2 N–H and O–H groups in total. The summed E-state index contributed by atoms with van der Waals surface area (Å²) in [7, 11) is 0. The second kappa shape index (κ2) is 7.22. The summed E-state index contributed by atoms with van der Waals surface area (Å²) >= 11 is 0. The Morgan fingerprint density at radius 3 is 2.03 bits per heavy atom. The molecule has 5 fully saturated rings. The molecule has 0 aromatic rings. The second-order valence-corrected chi connectivity index (χ2v) is 15.4. The lowest BCUT2D eigenvalue weighted by Crippen LogP contribution is -2.66. The zero-order valence-corrected chi connectivity index (χ0v) is 22.8. The van der Waals surface area contributed by atoms with E-state index < -0.39 is 0 Å². The number of hydrogen-bond acceptors (Lipinski definition) is 3. The van der Waals surface area contributed by atoms with Gasteiger partial charge in [-0.2, -0.15) is 0 Å². The van der Waals surface area contributed by atoms with Gasteiger partial charge in [-0.05, 0) is 130 Å². The van der Waals surface area contributed by atoms with Crippen LogP contribution < -0.4 is 0 Å². The largest absolute Gasteiger partial charge is 0.393 e. The van der Waals surface area contributed by atoms with Crippen molar-refractivity contribution in [1.82, 2.24) is 0 Å². The van der Waals surface area contributed by atoms with Crippen molar-refractivity contribution in [1.29, 1.82) is 0 Å². The van der Waals surface area contributed by atoms with Crippen molar-refractivity contribution < 1.29 is 14.9 Å². The maximum absolute atomic E-state index is 11.9. The molecule has 1 aliphatic heterocycles. The number of hydrogen-bond donors (Lipinski definition) is 2. The Balaban J connectivity index is 1.51. The Morgan fingerprint density at radius 2 is 1.36 bits per heavy atom. The third-order valence-corrected chi connectivity index (χ3v) is 13.1. The van der Waals surface area contributed by atoms with E-state index in [0.29, 0.717) is 23.7 Å². The average Bonchev–Trinajstić information content (AvgIpc) is 3.07. The van der Waals surface area contributed by atoms with Crippen LogP contribution in [0.1, 0.15) is 120 Å². The molecule has 0 radical (unpaired) electrons. The molecule has 0 unspecified atom stereocenters. The molecule has 0 aromatic heterocycles. The first kappa shape index (κ1) is 24.6. The third-order valence-electron chi connectivity index (χ3n) is 13.1. The quantitative estimate of drug-likeness (QED) is 0.455. The highest BCUT2D eigenvalue weighted by Crippen LogP contribution is 2.76. The number of ether oxygens (including phenoxy) is 1. The lowest BCUT2D eigenvalue weighted by atomic mass is 9.35. The van der Waals surface area contributed by atoms with Crippen LogP contribution in [-0.4, -0.2) is 33.6 Å². The highest BCUT2D eigenvalue weighted by atomic mass is 16.5. The Morgan fingerprint density at radius 1 is 0.697 bits per heavy atom. The predicted octanol–water partition coefficient (Wildman–Crippen LogP) is 6.74. The molecule has 3 heteroatoms. The van der Waals surface area contributed by atoms with E-state index in [-0.39, 0.29) is 45.1 Å². The lowest BCUT2D eigenvalue weighted by Gasteiger charge is -2.70. The maximum atomic E-state index is 11.9. The van der Waals surface area contributed by atoms with E-state index in [1.54, 1.807) is 0 Å². The van der Waals surface area contributed by atoms with Gasteiger partial charge in [-0.15, -0.1) is 0 Å². The zero-order chi connectivity index (χ0) is 24.2. The molecular formula is C30H52O3. The maximum Gasteiger partial charge on any atom is 0.0693 e. The molecule has 1 heterocycles. The fraction of sp³-hybridized carbons (Fsp3) is 1.00. The van der Waals surface area contributed by atoms with Crippen molar-refractivity contribution in [2.24, 2.45) is 45.3 Å². The lowest BCUT2D eigenvalue weighted by molar-refractivity contribution is -0.257. The van der Waals surface area contributed by atoms with Crippen LogP contribution >= 0.6 is 0 Å². The molecule has 10 atom stereocenters. The van der Waals surface area contributed by atoms with Crippen molar-refractivity contribution in [3.63, 3.8) is 0 Å². The smallest absolute Gasteiger partial charge is 0.0693 e. The first-order chi connectivity index (χ1) is 15.1. The van der Waals surface area contributed by atoms with Gasteiger partial charge in [-0.25, -0.2) is 0 Å². The fourth-order valence-electron chi connectivity index (χ4n) is 11.3. The summed E-state index contributed by atoms with van der Waals surface area (Å²) in [6.45, 7) is 19.2. The van der Waals surface area contributed by atoms with Crippen molar-refractivity contribution in [3.8, 4) is 0 Å². The summed E-state index contributed by atoms with van der Waals surface area (Å²) in [5.74, 6) is 1.85. The van der Waals surface area contributed by atoms with Gasteiger partial charge < -0.3 is 14.9 Å². The van der Waals surface area contributed by atoms with Gasteiger partial charge in [0.15, 0.2) is 0 Å². The van der Waals surface area contributed by atoms with E-state index in [4.69, 9.17) is 4.74 Å². The molecule has 4 saturated carbocycles. The summed E-state index contributed by atoms with van der Waals surface area (Å²) in [4.78, 5) is 0. The Kier molecular flexibility index (Phi) is 5.38. The molecule has 0 spiro atoms. The average molecular weight is 461 g/mol. The zero-order valence-electron chi connectivity index (χ0n) is 22.8. The Hall–Kier alpha value is -0.120. The second-order valence-electron chi connectivity index (χ2n) is 15.4. The normalized spacial score (nSPS) is 57.6. The molecular weight excluding hydrogens is 408 g/mol. The predicted molar refractivity (Wildman–Crippen MR) is 134 cm³/mol. The van der Waals surface area contributed by atoms with Crippen LogP contribution in [0.3, 0.4) is 0 Å². The van der Waals surface area contributed by atoms with Crippen molar-refractivity contribution in [3.05, 3.63) is 0 Å². The third kappa shape index (κ3) is 3.16. The first-order valence-electron chi connectivity index (χ1n) is 14.2. The van der Waals surface area contributed by atoms with Crippen LogP contribution in [0, 0.1) is 45.3 Å². The summed E-state index contributed by atoms with van der Waals surface area (Å²) in [6.07, 6.45) is 10.9. The highest BCUT2D eigenvalue weighted by Gasteiger charge is 2.71. The molecule has 0 aromatic carbocycles. The topological polar surface area (TPSA) is 49.7 Å². The van der Waals surface area contributed by atoms with E-state index in [0.717, 1.165) is 32.1 Å². The molecule has 0 amide bonds. The van der Waals surface area contributed by atoms with Crippen LogP contribution in [0.25, 0.3) is 0 Å². The van der Waals surface area contributed by atoms with E-state index in [9.17, 15) is 10.2 Å². The molecule has 0 bridgehead atoms. The summed E-state index contributed by atoms with van der Waals surface area (Å²) in [5.41, 5.74) is 0.392. The molecule has 190 valence electrons. The number of fused-ring (bicyclic) bond motifs is 5. The van der Waals surface area contributed by atoms with Gasteiger partial charge in [0.1, 0.15) is 0 Å². The monoisotopic (exact) mass is 460 g/mol. The van der Waals surface area contributed by atoms with Gasteiger partial charge in [0.2, 0.25) is 0 Å². The highest BCUT2D eigenvalue weighted by molar-refractivity contribution is 5.20. The summed E-state index contributed by atoms with van der Waals surface area (Å²) in [6, 6.07) is 0. The fourth-order valence-corrected chi connectivity index (χ4v) is 11.3. The van der Waals surface area contributed by atoms with Crippen LogP contribution in [0.15, 0.2) is 0 Å². The molecule has 33 heavy (non-hydrogen) atoms. The van der Waals surface area contributed by atoms with Crippen molar-refractivity contribution >= 4 is 0 Å². The SMILES string of the molecule is CC1(C)CCC[C@@](C)([C@H]2CC[C@]3(C)[C@H]2[C@H](O)C[C@@H]2[C@@]4(C)CC[C@H](O)C(C)(C)[C@H]4CC[C@]23C)O1. The van der Waals surface area contributed by atoms with Crippen LogP contribution in [0.4, 0.5) is 0 Å². The molecule has 5 aliphatic rings. The van der Waals surface area contributed by atoms with Gasteiger partial charge >= 0.3 is 0 Å². The Bertz CT molecular complexity index is 789. The summed E-state index contributed by atoms with van der Waals surface area (Å²) in [5, 5.41) is 22.8. The summed E-state index contributed by atoms with van der Waals surface area (Å²) < 4.78 is 6.86. The van der Waals surface area contributed by atoms with E-state index in [1.165, 1.54) is 32.1 Å². The first-order valence-corrected chi connectivity index (χ1v) is 14.2. The number of aliphatic hydroxyl groups excluding tert-OH is 2. The van der Waals surface area contributed by atoms with E-state index in [1.807, 2.05) is 0 Å². The molecule has 5 rings (SSSR count). The number of rotatable bonds is 1. The van der Waals surface area contributed by atoms with Gasteiger partial charge in [0.05, 0.1) is 23.4 Å². The van der Waals surface area contributed by atoms with E-state index in [2.05, 4.69) is 55.4 Å². The van der Waals surface area contributed by atoms with Crippen molar-refractivity contribution in [2.75, 3.05) is 0 Å². The number of aliphatic hydroxyl groups is 2. The molecule has 1 saturated heterocycles. The van der Waals surface area contributed by atoms with Crippen LogP contribution in [-0.2, 0) is 4.74 Å². The Labute approximate surface area is 203 Å². The van der Waals surface area contributed by atoms with Gasteiger partial charge in [-0.1, -0.05) is 34.6 Å². The minimum absolute atomic E-state index is 0.0375.